The van der Waals surface area contributed by atoms with Gasteiger partial charge < -0.3 is 10.2 Å². The molecule has 1 aromatic rings. The van der Waals surface area contributed by atoms with E-state index in [0.29, 0.717) is 6.04 Å². The van der Waals surface area contributed by atoms with E-state index in [0.717, 1.165) is 24.6 Å². The van der Waals surface area contributed by atoms with Gasteiger partial charge in [0.2, 0.25) is 0 Å². The Morgan fingerprint density at radius 1 is 1.14 bits per heavy atom. The first-order valence-electron chi connectivity index (χ1n) is 8.77. The summed E-state index contributed by atoms with van der Waals surface area (Å²) in [5.41, 5.74) is 1.15. The summed E-state index contributed by atoms with van der Waals surface area (Å²) in [6.07, 6.45) is 12.6. The van der Waals surface area contributed by atoms with E-state index in [1.807, 2.05) is 6.20 Å². The molecule has 1 unspecified atom stereocenters. The van der Waals surface area contributed by atoms with Crippen molar-refractivity contribution in [3.05, 3.63) is 18.3 Å². The molecule has 3 nitrogen and oxygen atoms in total. The third-order valence-corrected chi connectivity index (χ3v) is 4.33. The zero-order valence-corrected chi connectivity index (χ0v) is 13.8. The van der Waals surface area contributed by atoms with Crippen LogP contribution in [0.5, 0.6) is 0 Å². The summed E-state index contributed by atoms with van der Waals surface area (Å²) in [5, 5.41) is 3.57. The summed E-state index contributed by atoms with van der Waals surface area (Å²) in [7, 11) is 0. The minimum Gasteiger partial charge on any atom is -0.381 e. The molecule has 0 spiro atoms. The lowest BCUT2D eigenvalue weighted by atomic mass is 10.1. The Morgan fingerprint density at radius 2 is 1.90 bits per heavy atom. The van der Waals surface area contributed by atoms with Gasteiger partial charge in [-0.05, 0) is 38.3 Å². The lowest BCUT2D eigenvalue weighted by molar-refractivity contribution is 0.578. The number of aromatic nitrogens is 1. The fourth-order valence-electron chi connectivity index (χ4n) is 3.02. The average Bonchev–Trinajstić information content (AvgIpc) is 3.02. The SMILES string of the molecule is CCCCCCCC(C)Nc1ccc(N2CCCC2)nc1. The van der Waals surface area contributed by atoms with E-state index in [9.17, 15) is 0 Å². The molecule has 1 fully saturated rings. The lowest BCUT2D eigenvalue weighted by Crippen LogP contribution is -2.19. The quantitative estimate of drug-likeness (QED) is 0.659. The second-order valence-corrected chi connectivity index (χ2v) is 6.35. The highest BCUT2D eigenvalue weighted by Crippen LogP contribution is 2.20. The fraction of sp³-hybridized carbons (Fsp3) is 0.722. The van der Waals surface area contributed by atoms with E-state index in [-0.39, 0.29) is 0 Å². The van der Waals surface area contributed by atoms with Crippen LogP contribution < -0.4 is 10.2 Å². The molecular formula is C18H31N3. The molecule has 118 valence electrons. The fourth-order valence-corrected chi connectivity index (χ4v) is 3.02. The van der Waals surface area contributed by atoms with Crippen LogP contribution >= 0.6 is 0 Å². The first-order chi connectivity index (χ1) is 10.3. The Hall–Kier alpha value is -1.25. The molecular weight excluding hydrogens is 258 g/mol. The van der Waals surface area contributed by atoms with Crippen LogP contribution in [0.3, 0.4) is 0 Å². The lowest BCUT2D eigenvalue weighted by Gasteiger charge is -2.18. The van der Waals surface area contributed by atoms with Gasteiger partial charge in [-0.2, -0.15) is 0 Å². The van der Waals surface area contributed by atoms with Gasteiger partial charge in [0.25, 0.3) is 0 Å². The average molecular weight is 289 g/mol. The van der Waals surface area contributed by atoms with Crippen molar-refractivity contribution < 1.29 is 0 Å². The van der Waals surface area contributed by atoms with E-state index in [4.69, 9.17) is 0 Å². The molecule has 2 rings (SSSR count). The summed E-state index contributed by atoms with van der Waals surface area (Å²) >= 11 is 0. The van der Waals surface area contributed by atoms with Gasteiger partial charge >= 0.3 is 0 Å². The molecule has 1 aromatic heterocycles. The highest BCUT2D eigenvalue weighted by atomic mass is 15.2. The maximum Gasteiger partial charge on any atom is 0.128 e. The third-order valence-electron chi connectivity index (χ3n) is 4.33. The molecule has 1 saturated heterocycles. The number of hydrogen-bond acceptors (Lipinski definition) is 3. The number of hydrogen-bond donors (Lipinski definition) is 1. The van der Waals surface area contributed by atoms with Crippen LogP contribution in [0.15, 0.2) is 18.3 Å². The maximum absolute atomic E-state index is 4.60. The molecule has 0 amide bonds. The number of anilines is 2. The Morgan fingerprint density at radius 3 is 2.57 bits per heavy atom. The van der Waals surface area contributed by atoms with E-state index in [1.54, 1.807) is 0 Å². The Bertz CT molecular complexity index is 382. The molecule has 1 aliphatic rings. The molecule has 21 heavy (non-hydrogen) atoms. The molecule has 0 aromatic carbocycles. The number of unbranched alkanes of at least 4 members (excludes halogenated alkanes) is 4. The van der Waals surface area contributed by atoms with Crippen LogP contribution in [0, 0.1) is 0 Å². The summed E-state index contributed by atoms with van der Waals surface area (Å²) in [5.74, 6) is 1.13. The Kier molecular flexibility index (Phi) is 6.84. The minimum absolute atomic E-state index is 0.533. The largest absolute Gasteiger partial charge is 0.381 e. The van der Waals surface area contributed by atoms with Gasteiger partial charge in [-0.1, -0.05) is 39.0 Å². The molecule has 1 atom stereocenters. The summed E-state index contributed by atoms with van der Waals surface area (Å²) in [6, 6.07) is 4.86. The van der Waals surface area contributed by atoms with E-state index in [1.165, 1.54) is 51.4 Å². The van der Waals surface area contributed by atoms with Crippen LogP contribution in [0.1, 0.15) is 65.2 Å². The van der Waals surface area contributed by atoms with Gasteiger partial charge in [0, 0.05) is 19.1 Å². The van der Waals surface area contributed by atoms with Crippen molar-refractivity contribution in [3.8, 4) is 0 Å². The van der Waals surface area contributed by atoms with Crippen molar-refractivity contribution in [1.29, 1.82) is 0 Å². The van der Waals surface area contributed by atoms with E-state index in [2.05, 4.69) is 41.2 Å². The van der Waals surface area contributed by atoms with Gasteiger partial charge in [0.15, 0.2) is 0 Å². The number of pyridine rings is 1. The van der Waals surface area contributed by atoms with Crippen LogP contribution in [0.25, 0.3) is 0 Å². The van der Waals surface area contributed by atoms with Crippen molar-refractivity contribution in [3.63, 3.8) is 0 Å². The third kappa shape index (κ3) is 5.56. The van der Waals surface area contributed by atoms with Crippen LogP contribution in [-0.2, 0) is 0 Å². The Labute approximate surface area is 130 Å². The molecule has 3 heteroatoms. The molecule has 0 bridgehead atoms. The molecule has 0 aliphatic carbocycles. The predicted octanol–water partition coefficient (Wildman–Crippen LogP) is 4.84. The van der Waals surface area contributed by atoms with Gasteiger partial charge in [-0.3, -0.25) is 0 Å². The van der Waals surface area contributed by atoms with E-state index >= 15 is 0 Å². The predicted molar refractivity (Wildman–Crippen MR) is 92.1 cm³/mol. The molecule has 1 N–H and O–H groups in total. The second kappa shape index (κ2) is 8.91. The maximum atomic E-state index is 4.60. The minimum atomic E-state index is 0.533. The van der Waals surface area contributed by atoms with Crippen LogP contribution in [0.4, 0.5) is 11.5 Å². The number of rotatable bonds is 9. The molecule has 1 aliphatic heterocycles. The first kappa shape index (κ1) is 16.1. The summed E-state index contributed by atoms with van der Waals surface area (Å²) in [4.78, 5) is 6.97. The standard InChI is InChI=1S/C18H31N3/c1-3-4-5-6-7-10-16(2)20-17-11-12-18(19-15-17)21-13-8-9-14-21/h11-12,15-16,20H,3-10,13-14H2,1-2H3. The topological polar surface area (TPSA) is 28.2 Å². The van der Waals surface area contributed by atoms with Crippen molar-refractivity contribution in [1.82, 2.24) is 4.98 Å². The van der Waals surface area contributed by atoms with Gasteiger partial charge in [0.1, 0.15) is 5.82 Å². The summed E-state index contributed by atoms with van der Waals surface area (Å²) in [6.45, 7) is 6.86. The highest BCUT2D eigenvalue weighted by molar-refractivity contribution is 5.49. The Balaban J connectivity index is 1.69. The van der Waals surface area contributed by atoms with Crippen LogP contribution in [0.2, 0.25) is 0 Å². The second-order valence-electron chi connectivity index (χ2n) is 6.35. The van der Waals surface area contributed by atoms with Crippen molar-refractivity contribution in [2.24, 2.45) is 0 Å². The summed E-state index contributed by atoms with van der Waals surface area (Å²) < 4.78 is 0. The first-order valence-corrected chi connectivity index (χ1v) is 8.77. The normalized spacial score (nSPS) is 16.2. The zero-order valence-electron chi connectivity index (χ0n) is 13.8. The van der Waals surface area contributed by atoms with Crippen molar-refractivity contribution in [2.45, 2.75) is 71.3 Å². The molecule has 0 radical (unpaired) electrons. The van der Waals surface area contributed by atoms with Gasteiger partial charge in [0.05, 0.1) is 11.9 Å². The van der Waals surface area contributed by atoms with Gasteiger partial charge in [-0.25, -0.2) is 4.98 Å². The zero-order chi connectivity index (χ0) is 14.9. The van der Waals surface area contributed by atoms with Crippen LogP contribution in [-0.4, -0.2) is 24.1 Å². The van der Waals surface area contributed by atoms with Crippen molar-refractivity contribution in [2.75, 3.05) is 23.3 Å². The van der Waals surface area contributed by atoms with E-state index < -0.39 is 0 Å². The molecule has 2 heterocycles. The van der Waals surface area contributed by atoms with Crippen molar-refractivity contribution >= 4 is 11.5 Å². The van der Waals surface area contributed by atoms with Gasteiger partial charge in [-0.15, -0.1) is 0 Å². The molecule has 0 saturated carbocycles. The monoisotopic (exact) mass is 289 g/mol. The number of nitrogens with zero attached hydrogens (tertiary/aromatic N) is 2. The smallest absolute Gasteiger partial charge is 0.128 e. The highest BCUT2D eigenvalue weighted by Gasteiger charge is 2.13. The number of nitrogens with one attached hydrogen (secondary N) is 1.